The van der Waals surface area contributed by atoms with Crippen molar-refractivity contribution < 1.29 is 9.59 Å². The number of amides is 2. The van der Waals surface area contributed by atoms with Crippen LogP contribution in [0, 0.1) is 0 Å². The molecule has 0 saturated heterocycles. The monoisotopic (exact) mass is 438 g/mol. The highest BCUT2D eigenvalue weighted by atomic mass is 16.2. The molecule has 0 unspecified atom stereocenters. The van der Waals surface area contributed by atoms with Crippen molar-refractivity contribution in [1.29, 1.82) is 0 Å². The molecule has 3 aromatic rings. The molecular weight excluding hydrogens is 412 g/mol. The largest absolute Gasteiger partial charge is 0.322 e. The minimum Gasteiger partial charge on any atom is -0.322 e. The molecule has 0 spiro atoms. The Labute approximate surface area is 193 Å². The summed E-state index contributed by atoms with van der Waals surface area (Å²) in [6.45, 7) is 3.57. The molecule has 166 valence electrons. The van der Waals surface area contributed by atoms with Crippen molar-refractivity contribution in [3.05, 3.63) is 101 Å². The fourth-order valence-corrected chi connectivity index (χ4v) is 4.20. The molecule has 2 aliphatic heterocycles. The molecule has 0 radical (unpaired) electrons. The third-order valence-corrected chi connectivity index (χ3v) is 6.08. The number of benzene rings is 3. The predicted molar refractivity (Wildman–Crippen MR) is 131 cm³/mol. The number of hydrogen-bond donors (Lipinski definition) is 4. The van der Waals surface area contributed by atoms with Gasteiger partial charge in [-0.1, -0.05) is 24.3 Å². The van der Waals surface area contributed by atoms with E-state index >= 15 is 0 Å². The van der Waals surface area contributed by atoms with Gasteiger partial charge >= 0.3 is 0 Å². The Morgan fingerprint density at radius 1 is 0.697 bits per heavy atom. The first-order valence-electron chi connectivity index (χ1n) is 11.2. The van der Waals surface area contributed by atoms with Gasteiger partial charge < -0.3 is 21.3 Å². The minimum absolute atomic E-state index is 0.198. The maximum atomic E-state index is 12.6. The van der Waals surface area contributed by atoms with Crippen LogP contribution in [0.4, 0.5) is 11.4 Å². The summed E-state index contributed by atoms with van der Waals surface area (Å²) in [6, 6.07) is 20.6. The van der Waals surface area contributed by atoms with Crippen LogP contribution in [-0.2, 0) is 13.1 Å². The summed E-state index contributed by atoms with van der Waals surface area (Å²) in [5.74, 6) is -0.405. The fourth-order valence-electron chi connectivity index (χ4n) is 4.20. The second-order valence-corrected chi connectivity index (χ2v) is 8.33. The molecule has 5 rings (SSSR count). The van der Waals surface area contributed by atoms with Crippen LogP contribution in [0.2, 0.25) is 0 Å². The van der Waals surface area contributed by atoms with Gasteiger partial charge in [0.15, 0.2) is 0 Å². The van der Waals surface area contributed by atoms with Crippen molar-refractivity contribution in [3.8, 4) is 0 Å². The van der Waals surface area contributed by atoms with Gasteiger partial charge in [-0.2, -0.15) is 0 Å². The fraction of sp³-hybridized carbons (Fsp3) is 0.185. The molecule has 2 heterocycles. The molecule has 6 nitrogen and oxygen atoms in total. The van der Waals surface area contributed by atoms with Crippen molar-refractivity contribution in [3.63, 3.8) is 0 Å². The van der Waals surface area contributed by atoms with E-state index in [1.165, 1.54) is 22.3 Å². The number of hydrogen-bond acceptors (Lipinski definition) is 4. The van der Waals surface area contributed by atoms with Gasteiger partial charge in [-0.05, 0) is 83.8 Å². The van der Waals surface area contributed by atoms with Gasteiger partial charge in [0.25, 0.3) is 11.8 Å². The van der Waals surface area contributed by atoms with E-state index in [2.05, 4.69) is 27.3 Å². The molecule has 6 heteroatoms. The Morgan fingerprint density at radius 2 is 1.33 bits per heavy atom. The lowest BCUT2D eigenvalue weighted by atomic mass is 10.00. The van der Waals surface area contributed by atoms with Crippen molar-refractivity contribution in [2.45, 2.75) is 19.5 Å². The van der Waals surface area contributed by atoms with E-state index in [9.17, 15) is 9.59 Å². The molecule has 2 amide bonds. The molecule has 2 aliphatic rings. The third-order valence-electron chi connectivity index (χ3n) is 6.08. The zero-order valence-electron chi connectivity index (χ0n) is 18.3. The second-order valence-electron chi connectivity index (χ2n) is 8.33. The van der Waals surface area contributed by atoms with Crippen LogP contribution in [0.25, 0.3) is 5.57 Å². The van der Waals surface area contributed by atoms with Crippen molar-refractivity contribution in [2.75, 3.05) is 23.7 Å². The lowest BCUT2D eigenvalue weighted by Gasteiger charge is -2.14. The maximum absolute atomic E-state index is 12.6. The standard InChI is InChI=1S/C27H26N4O2/c32-26(30-24-8-5-18(6-9-24)19-11-13-28-14-12-19)20-1-3-21(4-2-20)27(33)31-25-10-7-22-16-29-17-23(22)15-25/h1-11,15,28-29H,12-14,16-17H2,(H,30,32)(H,31,33). The lowest BCUT2D eigenvalue weighted by Crippen LogP contribution is -2.20. The molecule has 0 bridgehead atoms. The number of carbonyl (C=O) groups is 2. The molecule has 0 saturated carbocycles. The molecule has 0 aliphatic carbocycles. The van der Waals surface area contributed by atoms with Crippen LogP contribution in [0.15, 0.2) is 72.8 Å². The van der Waals surface area contributed by atoms with E-state index < -0.39 is 0 Å². The van der Waals surface area contributed by atoms with Gasteiger partial charge in [-0.3, -0.25) is 9.59 Å². The van der Waals surface area contributed by atoms with E-state index in [1.54, 1.807) is 24.3 Å². The predicted octanol–water partition coefficient (Wildman–Crippen LogP) is 4.17. The van der Waals surface area contributed by atoms with Crippen LogP contribution in [0.5, 0.6) is 0 Å². The van der Waals surface area contributed by atoms with Crippen LogP contribution >= 0.6 is 0 Å². The highest BCUT2D eigenvalue weighted by Gasteiger charge is 2.13. The molecular formula is C27H26N4O2. The first-order chi connectivity index (χ1) is 16.2. The van der Waals surface area contributed by atoms with Gasteiger partial charge in [0.05, 0.1) is 0 Å². The minimum atomic E-state index is -0.207. The normalized spacial score (nSPS) is 14.8. The van der Waals surface area contributed by atoms with Gasteiger partial charge in [0.1, 0.15) is 0 Å². The molecule has 0 fully saturated rings. The van der Waals surface area contributed by atoms with Gasteiger partial charge in [0, 0.05) is 42.1 Å². The average molecular weight is 439 g/mol. The Bertz CT molecular complexity index is 1210. The number of nitrogens with one attached hydrogen (secondary N) is 4. The Hall–Kier alpha value is -3.74. The summed E-state index contributed by atoms with van der Waals surface area (Å²) >= 11 is 0. The highest BCUT2D eigenvalue weighted by molar-refractivity contribution is 6.07. The van der Waals surface area contributed by atoms with Gasteiger partial charge in [0.2, 0.25) is 0 Å². The molecule has 0 atom stereocenters. The quantitative estimate of drug-likeness (QED) is 0.482. The summed E-state index contributed by atoms with van der Waals surface area (Å²) in [5.41, 5.74) is 7.51. The number of rotatable bonds is 5. The lowest BCUT2D eigenvalue weighted by molar-refractivity contribution is 0.101. The van der Waals surface area contributed by atoms with E-state index in [-0.39, 0.29) is 11.8 Å². The summed E-state index contributed by atoms with van der Waals surface area (Å²) in [7, 11) is 0. The van der Waals surface area contributed by atoms with Crippen molar-refractivity contribution in [1.82, 2.24) is 10.6 Å². The van der Waals surface area contributed by atoms with Gasteiger partial charge in [-0.15, -0.1) is 0 Å². The Morgan fingerprint density at radius 3 is 2.00 bits per heavy atom. The highest BCUT2D eigenvalue weighted by Crippen LogP contribution is 2.22. The van der Waals surface area contributed by atoms with E-state index in [1.807, 2.05) is 42.5 Å². The van der Waals surface area contributed by atoms with E-state index in [4.69, 9.17) is 0 Å². The van der Waals surface area contributed by atoms with Crippen molar-refractivity contribution >= 4 is 28.8 Å². The smallest absolute Gasteiger partial charge is 0.255 e. The summed E-state index contributed by atoms with van der Waals surface area (Å²) in [5, 5.41) is 12.5. The first-order valence-corrected chi connectivity index (χ1v) is 11.2. The molecule has 0 aromatic heterocycles. The molecule has 33 heavy (non-hydrogen) atoms. The maximum Gasteiger partial charge on any atom is 0.255 e. The van der Waals surface area contributed by atoms with Crippen molar-refractivity contribution in [2.24, 2.45) is 0 Å². The Kier molecular flexibility index (Phi) is 6.02. The SMILES string of the molecule is O=C(Nc1ccc(C2=CCNCC2)cc1)c1ccc(C(=O)Nc2ccc3c(c2)CNC3)cc1. The number of anilines is 2. The van der Waals surface area contributed by atoms with Crippen LogP contribution in [-0.4, -0.2) is 24.9 Å². The van der Waals surface area contributed by atoms with E-state index in [0.29, 0.717) is 11.1 Å². The zero-order valence-corrected chi connectivity index (χ0v) is 18.3. The third kappa shape index (κ3) is 4.87. The second kappa shape index (κ2) is 9.40. The Balaban J connectivity index is 1.20. The van der Waals surface area contributed by atoms with Gasteiger partial charge in [-0.25, -0.2) is 0 Å². The number of fused-ring (bicyclic) bond motifs is 1. The average Bonchev–Trinajstić information content (AvgIpc) is 3.33. The summed E-state index contributed by atoms with van der Waals surface area (Å²) < 4.78 is 0. The first kappa shape index (κ1) is 21.1. The number of carbonyl (C=O) groups excluding carboxylic acids is 2. The molecule has 4 N–H and O–H groups in total. The van der Waals surface area contributed by atoms with Crippen LogP contribution in [0.1, 0.15) is 43.8 Å². The summed E-state index contributed by atoms with van der Waals surface area (Å²) in [6.07, 6.45) is 3.21. The van der Waals surface area contributed by atoms with E-state index in [0.717, 1.165) is 44.0 Å². The molecule has 3 aromatic carbocycles. The van der Waals surface area contributed by atoms with Crippen LogP contribution in [0.3, 0.4) is 0 Å². The van der Waals surface area contributed by atoms with Crippen LogP contribution < -0.4 is 21.3 Å². The zero-order chi connectivity index (χ0) is 22.6. The summed E-state index contributed by atoms with van der Waals surface area (Å²) in [4.78, 5) is 25.3. The topological polar surface area (TPSA) is 82.3 Å².